The highest BCUT2D eigenvalue weighted by atomic mass is 19.1. The van der Waals surface area contributed by atoms with Gasteiger partial charge in [0.05, 0.1) is 5.69 Å². The summed E-state index contributed by atoms with van der Waals surface area (Å²) in [6.07, 6.45) is 2.52. The Bertz CT molecular complexity index is 619. The smallest absolute Gasteiger partial charge is 0.132 e. The lowest BCUT2D eigenvalue weighted by Gasteiger charge is -2.02. The fraction of sp³-hybridized carbons (Fsp3) is 0.357. The number of rotatable bonds is 3. The lowest BCUT2D eigenvalue weighted by molar-refractivity contribution is 0.602. The number of nitrogens with zero attached hydrogens (tertiary/aromatic N) is 2. The third-order valence-corrected chi connectivity index (χ3v) is 3.50. The van der Waals surface area contributed by atoms with Crippen molar-refractivity contribution in [2.45, 2.75) is 25.8 Å². The molecule has 100 valence electrons. The molecular weight excluding hydrogens is 248 g/mol. The third-order valence-electron chi connectivity index (χ3n) is 3.50. The van der Waals surface area contributed by atoms with E-state index in [-0.39, 0.29) is 5.56 Å². The van der Waals surface area contributed by atoms with Gasteiger partial charge in [0.25, 0.3) is 0 Å². The van der Waals surface area contributed by atoms with Gasteiger partial charge in [0.2, 0.25) is 0 Å². The van der Waals surface area contributed by atoms with E-state index in [1.54, 1.807) is 0 Å². The molecule has 0 saturated carbocycles. The zero-order chi connectivity index (χ0) is 13.4. The molecule has 1 aromatic heterocycles. The number of imidazole rings is 1. The summed E-state index contributed by atoms with van der Waals surface area (Å²) in [5.74, 6) is -0.0151. The number of hydrogen-bond donors (Lipinski definition) is 1. The number of halogens is 2. The van der Waals surface area contributed by atoms with Gasteiger partial charge in [0, 0.05) is 24.2 Å². The molecule has 1 aromatic carbocycles. The summed E-state index contributed by atoms with van der Waals surface area (Å²) in [6.45, 7) is 1.39. The van der Waals surface area contributed by atoms with Crippen LogP contribution in [0.3, 0.4) is 0 Å². The number of fused-ring (bicyclic) bond motifs is 1. The van der Waals surface area contributed by atoms with Crippen LogP contribution in [0.1, 0.15) is 17.9 Å². The van der Waals surface area contributed by atoms with Gasteiger partial charge in [-0.3, -0.25) is 0 Å². The fourth-order valence-electron chi connectivity index (χ4n) is 2.67. The van der Waals surface area contributed by atoms with E-state index < -0.39 is 11.6 Å². The summed E-state index contributed by atoms with van der Waals surface area (Å²) >= 11 is 0. The highest BCUT2D eigenvalue weighted by Crippen LogP contribution is 2.31. The minimum absolute atomic E-state index is 0.244. The van der Waals surface area contributed by atoms with Crippen LogP contribution in [0.15, 0.2) is 18.2 Å². The van der Waals surface area contributed by atoms with Gasteiger partial charge in [-0.15, -0.1) is 0 Å². The Hall–Kier alpha value is -1.75. The van der Waals surface area contributed by atoms with Gasteiger partial charge < -0.3 is 10.3 Å². The Kier molecular flexibility index (Phi) is 3.06. The number of hydrogen-bond acceptors (Lipinski definition) is 2. The van der Waals surface area contributed by atoms with Gasteiger partial charge in [-0.1, -0.05) is 0 Å². The topological polar surface area (TPSA) is 43.8 Å². The van der Waals surface area contributed by atoms with Crippen LogP contribution in [0.25, 0.3) is 11.3 Å². The molecule has 2 heterocycles. The molecule has 3 rings (SSSR count). The predicted octanol–water partition coefficient (Wildman–Crippen LogP) is 2.28. The summed E-state index contributed by atoms with van der Waals surface area (Å²) in [5.41, 5.74) is 7.37. The fourth-order valence-corrected chi connectivity index (χ4v) is 2.67. The molecule has 0 atom stereocenters. The standard InChI is InChI=1S/C14H15F2N3/c15-9-3-4-11(16)10(8-9)14-12-2-1-7-19(12)13(18-14)5-6-17/h3-4,8H,1-2,5-7,17H2. The van der Waals surface area contributed by atoms with E-state index in [9.17, 15) is 8.78 Å². The number of benzene rings is 1. The molecule has 1 aliphatic heterocycles. The molecule has 3 nitrogen and oxygen atoms in total. The Labute approximate surface area is 110 Å². The lowest BCUT2D eigenvalue weighted by atomic mass is 10.1. The van der Waals surface area contributed by atoms with Crippen LogP contribution < -0.4 is 5.73 Å². The Balaban J connectivity index is 2.15. The molecule has 2 N–H and O–H groups in total. The van der Waals surface area contributed by atoms with Crippen molar-refractivity contribution in [3.8, 4) is 11.3 Å². The van der Waals surface area contributed by atoms with E-state index in [2.05, 4.69) is 9.55 Å². The van der Waals surface area contributed by atoms with Crippen molar-refractivity contribution in [3.05, 3.63) is 41.4 Å². The quantitative estimate of drug-likeness (QED) is 0.923. The summed E-state index contributed by atoms with van der Waals surface area (Å²) in [7, 11) is 0. The van der Waals surface area contributed by atoms with Crippen LogP contribution >= 0.6 is 0 Å². The van der Waals surface area contributed by atoms with Crippen molar-refractivity contribution in [3.63, 3.8) is 0 Å². The van der Waals surface area contributed by atoms with Gasteiger partial charge in [-0.25, -0.2) is 13.8 Å². The minimum Gasteiger partial charge on any atom is -0.331 e. The van der Waals surface area contributed by atoms with E-state index in [1.807, 2.05) is 0 Å². The Morgan fingerprint density at radius 1 is 1.32 bits per heavy atom. The molecule has 0 spiro atoms. The average Bonchev–Trinajstić information content (AvgIpc) is 2.97. The lowest BCUT2D eigenvalue weighted by Crippen LogP contribution is -2.08. The predicted molar refractivity (Wildman–Crippen MR) is 68.7 cm³/mol. The Morgan fingerprint density at radius 3 is 2.95 bits per heavy atom. The van der Waals surface area contributed by atoms with Crippen molar-refractivity contribution in [2.24, 2.45) is 5.73 Å². The molecule has 0 saturated heterocycles. The van der Waals surface area contributed by atoms with Crippen LogP contribution in [-0.2, 0) is 19.4 Å². The maximum atomic E-state index is 13.9. The second-order valence-corrected chi connectivity index (χ2v) is 4.74. The van der Waals surface area contributed by atoms with Gasteiger partial charge in [-0.05, 0) is 37.6 Å². The SMILES string of the molecule is NCCc1nc(-c2cc(F)ccc2F)c2n1CCC2. The second kappa shape index (κ2) is 4.74. The minimum atomic E-state index is -0.448. The molecule has 0 fully saturated rings. The third kappa shape index (κ3) is 2.04. The normalized spacial score (nSPS) is 13.8. The second-order valence-electron chi connectivity index (χ2n) is 4.74. The van der Waals surface area contributed by atoms with E-state index in [0.717, 1.165) is 43.0 Å². The van der Waals surface area contributed by atoms with Crippen molar-refractivity contribution in [1.29, 1.82) is 0 Å². The van der Waals surface area contributed by atoms with Crippen molar-refractivity contribution in [1.82, 2.24) is 9.55 Å². The molecule has 5 heteroatoms. The van der Waals surface area contributed by atoms with Gasteiger partial charge in [0.15, 0.2) is 0 Å². The largest absolute Gasteiger partial charge is 0.331 e. The van der Waals surface area contributed by atoms with E-state index in [4.69, 9.17) is 5.73 Å². The summed E-state index contributed by atoms with van der Waals surface area (Å²) in [6, 6.07) is 3.48. The highest BCUT2D eigenvalue weighted by molar-refractivity contribution is 5.64. The molecular formula is C14H15F2N3. The number of aromatic nitrogens is 2. The van der Waals surface area contributed by atoms with Gasteiger partial charge in [-0.2, -0.15) is 0 Å². The van der Waals surface area contributed by atoms with E-state index >= 15 is 0 Å². The summed E-state index contributed by atoms with van der Waals surface area (Å²) < 4.78 is 29.3. The van der Waals surface area contributed by atoms with Gasteiger partial charge >= 0.3 is 0 Å². The molecule has 0 bridgehead atoms. The summed E-state index contributed by atoms with van der Waals surface area (Å²) in [4.78, 5) is 4.47. The first kappa shape index (κ1) is 12.3. The van der Waals surface area contributed by atoms with Crippen LogP contribution in [0.5, 0.6) is 0 Å². The maximum Gasteiger partial charge on any atom is 0.132 e. The zero-order valence-corrected chi connectivity index (χ0v) is 10.5. The Morgan fingerprint density at radius 2 is 2.16 bits per heavy atom. The molecule has 19 heavy (non-hydrogen) atoms. The first-order chi connectivity index (χ1) is 9.20. The summed E-state index contributed by atoms with van der Waals surface area (Å²) in [5, 5.41) is 0. The van der Waals surface area contributed by atoms with Crippen LogP contribution in [0.2, 0.25) is 0 Å². The van der Waals surface area contributed by atoms with Crippen LogP contribution in [-0.4, -0.2) is 16.1 Å². The molecule has 2 aromatic rings. The highest BCUT2D eigenvalue weighted by Gasteiger charge is 2.23. The monoisotopic (exact) mass is 263 g/mol. The van der Waals surface area contributed by atoms with Crippen LogP contribution in [0.4, 0.5) is 8.78 Å². The molecule has 0 unspecified atom stereocenters. The molecule has 1 aliphatic rings. The first-order valence-corrected chi connectivity index (χ1v) is 6.44. The molecule has 0 radical (unpaired) electrons. The van der Waals surface area contributed by atoms with Crippen LogP contribution in [0, 0.1) is 11.6 Å². The van der Waals surface area contributed by atoms with Crippen molar-refractivity contribution in [2.75, 3.05) is 6.54 Å². The maximum absolute atomic E-state index is 13.9. The van der Waals surface area contributed by atoms with E-state index in [0.29, 0.717) is 18.7 Å². The first-order valence-electron chi connectivity index (χ1n) is 6.44. The zero-order valence-electron chi connectivity index (χ0n) is 10.5. The van der Waals surface area contributed by atoms with Crippen molar-refractivity contribution < 1.29 is 8.78 Å². The average molecular weight is 263 g/mol. The molecule has 0 amide bonds. The number of nitrogens with two attached hydrogens (primary N) is 1. The van der Waals surface area contributed by atoms with E-state index in [1.165, 1.54) is 6.07 Å². The van der Waals surface area contributed by atoms with Gasteiger partial charge in [0.1, 0.15) is 17.5 Å². The van der Waals surface area contributed by atoms with Crippen molar-refractivity contribution >= 4 is 0 Å². The molecule has 0 aliphatic carbocycles.